The van der Waals surface area contributed by atoms with Gasteiger partial charge in [0.05, 0.1) is 7.11 Å². The van der Waals surface area contributed by atoms with Crippen molar-refractivity contribution in [2.75, 3.05) is 38.2 Å². The van der Waals surface area contributed by atoms with Crippen LogP contribution in [0.25, 0.3) is 10.9 Å². The lowest BCUT2D eigenvalue weighted by Gasteiger charge is -2.34. The fraction of sp³-hybridized carbons (Fsp3) is 0.240. The van der Waals surface area contributed by atoms with Crippen molar-refractivity contribution in [1.29, 1.82) is 0 Å². The van der Waals surface area contributed by atoms with Crippen LogP contribution in [0.3, 0.4) is 0 Å². The maximum absolute atomic E-state index is 13.6. The van der Waals surface area contributed by atoms with Crippen molar-refractivity contribution in [2.45, 2.75) is 6.54 Å². The molecule has 0 spiro atoms. The van der Waals surface area contributed by atoms with Gasteiger partial charge >= 0.3 is 0 Å². The molecule has 7 nitrogen and oxygen atoms in total. The number of rotatable bonds is 5. The molecule has 168 valence electrons. The zero-order chi connectivity index (χ0) is 22.8. The van der Waals surface area contributed by atoms with Crippen molar-refractivity contribution in [1.82, 2.24) is 19.4 Å². The summed E-state index contributed by atoms with van der Waals surface area (Å²) in [5.41, 5.74) is 2.46. The summed E-state index contributed by atoms with van der Waals surface area (Å²) < 4.78 is 20.8. The molecule has 4 aromatic rings. The van der Waals surface area contributed by atoms with Crippen LogP contribution in [0.4, 0.5) is 10.3 Å². The highest BCUT2D eigenvalue weighted by Gasteiger charge is 2.26. The minimum absolute atomic E-state index is 0.0269. The van der Waals surface area contributed by atoms with Crippen molar-refractivity contribution < 1.29 is 13.9 Å². The number of carbonyl (C=O) groups is 1. The van der Waals surface area contributed by atoms with Crippen LogP contribution in [0.15, 0.2) is 67.0 Å². The monoisotopic (exact) mass is 445 g/mol. The van der Waals surface area contributed by atoms with Crippen molar-refractivity contribution >= 4 is 22.8 Å². The molecular formula is C25H24FN5O2. The van der Waals surface area contributed by atoms with Crippen LogP contribution in [0, 0.1) is 5.82 Å². The van der Waals surface area contributed by atoms with E-state index in [1.807, 2.05) is 33.7 Å². The Morgan fingerprint density at radius 1 is 1.00 bits per heavy atom. The van der Waals surface area contributed by atoms with Gasteiger partial charge in [0.2, 0.25) is 5.95 Å². The first-order valence-electron chi connectivity index (χ1n) is 10.9. The molecule has 0 saturated carbocycles. The predicted octanol–water partition coefficient (Wildman–Crippen LogP) is 3.59. The summed E-state index contributed by atoms with van der Waals surface area (Å²) in [6.07, 6.45) is 3.45. The van der Waals surface area contributed by atoms with Gasteiger partial charge in [-0.1, -0.05) is 12.1 Å². The van der Waals surface area contributed by atoms with E-state index in [1.54, 1.807) is 37.7 Å². The van der Waals surface area contributed by atoms with Gasteiger partial charge in [0.25, 0.3) is 5.91 Å². The molecule has 5 rings (SSSR count). The molecule has 8 heteroatoms. The summed E-state index contributed by atoms with van der Waals surface area (Å²) in [5.74, 6) is 1.11. The number of ether oxygens (including phenoxy) is 1. The Morgan fingerprint density at radius 2 is 1.73 bits per heavy atom. The van der Waals surface area contributed by atoms with Crippen LogP contribution >= 0.6 is 0 Å². The van der Waals surface area contributed by atoms with E-state index in [0.29, 0.717) is 44.4 Å². The molecule has 33 heavy (non-hydrogen) atoms. The third-order valence-corrected chi connectivity index (χ3v) is 5.98. The van der Waals surface area contributed by atoms with E-state index in [9.17, 15) is 9.18 Å². The lowest BCUT2D eigenvalue weighted by Crippen LogP contribution is -2.49. The number of halogens is 1. The minimum atomic E-state index is -0.280. The second-order valence-electron chi connectivity index (χ2n) is 7.99. The van der Waals surface area contributed by atoms with Gasteiger partial charge in [-0.15, -0.1) is 0 Å². The maximum Gasteiger partial charge on any atom is 0.270 e. The molecule has 0 aliphatic carbocycles. The van der Waals surface area contributed by atoms with Gasteiger partial charge < -0.3 is 19.1 Å². The minimum Gasteiger partial charge on any atom is -0.497 e. The maximum atomic E-state index is 13.6. The highest BCUT2D eigenvalue weighted by molar-refractivity contribution is 5.99. The summed E-state index contributed by atoms with van der Waals surface area (Å²) in [6, 6.07) is 15.9. The van der Waals surface area contributed by atoms with Gasteiger partial charge in [0.1, 0.15) is 17.3 Å². The second kappa shape index (κ2) is 8.90. The molecule has 2 aromatic carbocycles. The smallest absolute Gasteiger partial charge is 0.270 e. The van der Waals surface area contributed by atoms with Crippen LogP contribution in [0.1, 0.15) is 16.1 Å². The zero-order valence-electron chi connectivity index (χ0n) is 18.3. The van der Waals surface area contributed by atoms with E-state index in [4.69, 9.17) is 4.74 Å². The molecule has 3 heterocycles. The van der Waals surface area contributed by atoms with Crippen LogP contribution in [-0.2, 0) is 6.54 Å². The van der Waals surface area contributed by atoms with Crippen LogP contribution in [-0.4, -0.2) is 58.6 Å². The second-order valence-corrected chi connectivity index (χ2v) is 7.99. The Hall–Kier alpha value is -3.94. The van der Waals surface area contributed by atoms with E-state index in [2.05, 4.69) is 14.9 Å². The van der Waals surface area contributed by atoms with Crippen LogP contribution in [0.5, 0.6) is 5.75 Å². The summed E-state index contributed by atoms with van der Waals surface area (Å²) in [5, 5.41) is 0.927. The Labute approximate surface area is 191 Å². The van der Waals surface area contributed by atoms with Gasteiger partial charge in [0.15, 0.2) is 0 Å². The van der Waals surface area contributed by atoms with Gasteiger partial charge in [-0.2, -0.15) is 0 Å². The summed E-state index contributed by atoms with van der Waals surface area (Å²) in [7, 11) is 1.62. The molecule has 1 fully saturated rings. The number of amides is 1. The van der Waals surface area contributed by atoms with Crippen molar-refractivity contribution in [3.05, 3.63) is 84.1 Å². The van der Waals surface area contributed by atoms with Gasteiger partial charge in [0, 0.05) is 56.0 Å². The number of piperazine rings is 1. The molecular weight excluding hydrogens is 421 g/mol. The fourth-order valence-corrected chi connectivity index (χ4v) is 4.22. The average Bonchev–Trinajstić information content (AvgIpc) is 3.23. The number of nitrogens with zero attached hydrogens (tertiary/aromatic N) is 5. The fourth-order valence-electron chi connectivity index (χ4n) is 4.22. The molecule has 1 aliphatic heterocycles. The van der Waals surface area contributed by atoms with Crippen molar-refractivity contribution in [3.8, 4) is 5.75 Å². The number of carbonyl (C=O) groups excluding carboxylic acids is 1. The first-order chi connectivity index (χ1) is 16.1. The topological polar surface area (TPSA) is 63.5 Å². The molecule has 0 atom stereocenters. The largest absolute Gasteiger partial charge is 0.497 e. The Morgan fingerprint density at radius 3 is 2.42 bits per heavy atom. The van der Waals surface area contributed by atoms with Crippen LogP contribution in [0.2, 0.25) is 0 Å². The molecule has 0 bridgehead atoms. The molecule has 0 N–H and O–H groups in total. The van der Waals surface area contributed by atoms with Crippen LogP contribution < -0.4 is 9.64 Å². The number of anilines is 1. The number of hydrogen-bond donors (Lipinski definition) is 0. The first kappa shape index (κ1) is 20.9. The number of methoxy groups -OCH3 is 1. The van der Waals surface area contributed by atoms with E-state index < -0.39 is 0 Å². The van der Waals surface area contributed by atoms with Crippen molar-refractivity contribution in [3.63, 3.8) is 0 Å². The standard InChI is InChI=1S/C25H24FN5O2/c1-33-21-7-8-22-19(15-21)16-23(31(22)17-18-3-5-20(26)6-4-18)24(32)29-11-13-30(14-12-29)25-27-9-2-10-28-25/h2-10,15-16H,11-14,17H2,1H3. The third-order valence-electron chi connectivity index (χ3n) is 5.98. The number of benzene rings is 2. The normalized spacial score (nSPS) is 14.0. The van der Waals surface area contributed by atoms with E-state index in [1.165, 1.54) is 12.1 Å². The molecule has 1 aliphatic rings. The van der Waals surface area contributed by atoms with E-state index >= 15 is 0 Å². The predicted molar refractivity (Wildman–Crippen MR) is 124 cm³/mol. The van der Waals surface area contributed by atoms with Crippen molar-refractivity contribution in [2.24, 2.45) is 0 Å². The number of fused-ring (bicyclic) bond motifs is 1. The quantitative estimate of drug-likeness (QED) is 0.470. The molecule has 1 saturated heterocycles. The lowest BCUT2D eigenvalue weighted by atomic mass is 10.2. The Bertz CT molecular complexity index is 1270. The highest BCUT2D eigenvalue weighted by atomic mass is 19.1. The van der Waals surface area contributed by atoms with Gasteiger partial charge in [-0.05, 0) is 48.0 Å². The SMILES string of the molecule is COc1ccc2c(c1)cc(C(=O)N1CCN(c3ncccn3)CC1)n2Cc1ccc(F)cc1. The number of aromatic nitrogens is 3. The molecule has 1 amide bonds. The molecule has 2 aromatic heterocycles. The Kier molecular flexibility index (Phi) is 5.64. The highest BCUT2D eigenvalue weighted by Crippen LogP contribution is 2.27. The summed E-state index contributed by atoms with van der Waals surface area (Å²) >= 11 is 0. The lowest BCUT2D eigenvalue weighted by molar-refractivity contribution is 0.0736. The van der Waals surface area contributed by atoms with Gasteiger partial charge in [-0.25, -0.2) is 14.4 Å². The Balaban J connectivity index is 1.43. The zero-order valence-corrected chi connectivity index (χ0v) is 18.3. The summed E-state index contributed by atoms with van der Waals surface area (Å²) in [4.78, 5) is 26.2. The average molecular weight is 445 g/mol. The first-order valence-corrected chi connectivity index (χ1v) is 10.9. The van der Waals surface area contributed by atoms with E-state index in [-0.39, 0.29) is 11.7 Å². The van der Waals surface area contributed by atoms with E-state index in [0.717, 1.165) is 22.2 Å². The summed E-state index contributed by atoms with van der Waals surface area (Å²) in [6.45, 7) is 2.97. The molecule has 0 radical (unpaired) electrons. The third kappa shape index (κ3) is 4.24. The molecule has 0 unspecified atom stereocenters. The van der Waals surface area contributed by atoms with Gasteiger partial charge in [-0.3, -0.25) is 4.79 Å². The number of hydrogen-bond acceptors (Lipinski definition) is 5.